The highest BCUT2D eigenvalue weighted by atomic mass is 32.2. The molecule has 378 valence electrons. The third kappa shape index (κ3) is 10.9. The van der Waals surface area contributed by atoms with Gasteiger partial charge in [-0.1, -0.05) is 109 Å². The van der Waals surface area contributed by atoms with Gasteiger partial charge in [0.15, 0.2) is 11.6 Å². The summed E-state index contributed by atoms with van der Waals surface area (Å²) in [7, 11) is -4.71. The lowest BCUT2D eigenvalue weighted by atomic mass is 9.87. The lowest BCUT2D eigenvalue weighted by molar-refractivity contribution is -0.422. The Morgan fingerprint density at radius 3 is 1.49 bits per heavy atom. The molecule has 1 aliphatic carbocycles. The van der Waals surface area contributed by atoms with Crippen LogP contribution in [0.3, 0.4) is 0 Å². The number of ether oxygens (including phenoxy) is 4. The predicted molar refractivity (Wildman–Crippen MR) is 260 cm³/mol. The minimum absolute atomic E-state index is 0.0100. The molecule has 4 aromatic rings. The first-order valence-corrected chi connectivity index (χ1v) is 24.6. The molecule has 3 aliphatic heterocycles. The van der Waals surface area contributed by atoms with E-state index < -0.39 is 103 Å². The molecule has 4 aliphatic rings. The van der Waals surface area contributed by atoms with Crippen LogP contribution >= 0.6 is 0 Å². The highest BCUT2D eigenvalue weighted by molar-refractivity contribution is 7.96. The Morgan fingerprint density at radius 2 is 1.04 bits per heavy atom. The van der Waals surface area contributed by atoms with Gasteiger partial charge in [-0.25, -0.2) is 13.9 Å². The number of carbonyl (C=O) groups excluding carboxylic acids is 6. The SMILES string of the molecule is O=C(Nc1ccccc1)C(=CC=CC=CC1=C([O-])OC2(CCC3(CC2)OC(=O)C(/C=C/C=C/C=C2C(=O)N(c4ccccc4)S(=O)(=O)N(c4ccccc4)C2=O)=C([O-])O3)OC1=O)C(=O)N(c1ccccc1)S(=O)[O-]. The average molecular weight is 1040 g/mol. The maximum absolute atomic E-state index is 13.7. The molecule has 22 heteroatoms. The quantitative estimate of drug-likeness (QED) is 0.0492. The monoisotopic (exact) mass is 1040 g/mol. The van der Waals surface area contributed by atoms with Gasteiger partial charge in [0.25, 0.3) is 23.6 Å². The van der Waals surface area contributed by atoms with Crippen molar-refractivity contribution in [1.82, 2.24) is 0 Å². The van der Waals surface area contributed by atoms with Crippen molar-refractivity contribution < 1.29 is 75.1 Å². The summed E-state index contributed by atoms with van der Waals surface area (Å²) in [5.74, 6) is -12.2. The highest BCUT2D eigenvalue weighted by Gasteiger charge is 2.49. The summed E-state index contributed by atoms with van der Waals surface area (Å²) >= 11 is -3.13. The van der Waals surface area contributed by atoms with Gasteiger partial charge >= 0.3 is 22.1 Å². The molecule has 20 nitrogen and oxygen atoms in total. The summed E-state index contributed by atoms with van der Waals surface area (Å²) in [5.41, 5.74) is -1.88. The number of hydrogen-bond acceptors (Lipinski definition) is 16. The number of para-hydroxylation sites is 4. The molecule has 0 radical (unpaired) electrons. The third-order valence-corrected chi connectivity index (χ3v) is 13.7. The van der Waals surface area contributed by atoms with E-state index in [1.54, 1.807) is 48.5 Å². The lowest BCUT2D eigenvalue weighted by Gasteiger charge is -2.53. The van der Waals surface area contributed by atoms with Gasteiger partial charge in [0, 0.05) is 31.4 Å². The summed E-state index contributed by atoms with van der Waals surface area (Å²) < 4.78 is 75.4. The Bertz CT molecular complexity index is 3220. The first kappa shape index (κ1) is 51.2. The van der Waals surface area contributed by atoms with Gasteiger partial charge in [-0.15, -0.1) is 0 Å². The standard InChI is InChI=1S/C52H42N4O16S2/c57-43(53-35-19-7-1-8-20-35)39(44(58)54(73(65)66)36-21-9-2-10-22-36)27-15-5-17-29-41-47(61)69-51(70-48(41)62)31-33-52(34-32-51)71-49(63)42(50(64)72-52)30-18-6-16-28-40-45(59)55(37-23-11-3-12-24-37)74(67,68)56(46(40)60)38-25-13-4-14-26-38/h1-30,61,63H,31-34H2,(H,53,57)(H,65,66)/p-3/b15-5?,16-6+,29-17?,30-18+,39-27?. The van der Waals surface area contributed by atoms with Gasteiger partial charge in [-0.3, -0.25) is 23.4 Å². The molecular weight excluding hydrogens is 1000 g/mol. The van der Waals surface area contributed by atoms with E-state index in [9.17, 15) is 56.2 Å². The molecular formula is C52H39N4O16S2-3. The molecule has 2 fully saturated rings. The van der Waals surface area contributed by atoms with E-state index in [2.05, 4.69) is 5.32 Å². The van der Waals surface area contributed by atoms with Gasteiger partial charge in [-0.2, -0.15) is 17.0 Å². The number of carbonyl (C=O) groups is 6. The summed E-state index contributed by atoms with van der Waals surface area (Å²) in [6, 6.07) is 30.4. The van der Waals surface area contributed by atoms with Gasteiger partial charge in [0.2, 0.25) is 0 Å². The van der Waals surface area contributed by atoms with Crippen molar-refractivity contribution in [1.29, 1.82) is 0 Å². The molecule has 1 unspecified atom stereocenters. The molecule has 1 atom stereocenters. The zero-order valence-corrected chi connectivity index (χ0v) is 40.0. The highest BCUT2D eigenvalue weighted by Crippen LogP contribution is 2.46. The number of hydrogen-bond donors (Lipinski definition) is 1. The van der Waals surface area contributed by atoms with Crippen molar-refractivity contribution >= 4 is 79.8 Å². The van der Waals surface area contributed by atoms with Crippen LogP contribution in [0.1, 0.15) is 25.7 Å². The van der Waals surface area contributed by atoms with Crippen LogP contribution in [-0.4, -0.2) is 64.3 Å². The normalized spacial score (nSPS) is 19.0. The lowest BCUT2D eigenvalue weighted by Crippen LogP contribution is -2.57. The van der Waals surface area contributed by atoms with Crippen LogP contribution in [-0.2, 0) is 69.2 Å². The van der Waals surface area contributed by atoms with Crippen LogP contribution in [0.5, 0.6) is 0 Å². The van der Waals surface area contributed by atoms with Gasteiger partial charge < -0.3 is 39.0 Å². The number of esters is 2. The van der Waals surface area contributed by atoms with E-state index in [1.807, 2.05) is 0 Å². The van der Waals surface area contributed by atoms with Crippen LogP contribution in [0.2, 0.25) is 0 Å². The number of rotatable bonds is 13. The largest absolute Gasteiger partial charge is 0.755 e. The fourth-order valence-corrected chi connectivity index (χ4v) is 9.89. The predicted octanol–water partition coefficient (Wildman–Crippen LogP) is 4.11. The second kappa shape index (κ2) is 21.7. The van der Waals surface area contributed by atoms with Crippen LogP contribution < -0.4 is 28.4 Å². The number of nitrogens with one attached hydrogen (secondary N) is 1. The summed E-state index contributed by atoms with van der Waals surface area (Å²) in [6.07, 6.45) is 10.7. The zero-order valence-electron chi connectivity index (χ0n) is 38.3. The van der Waals surface area contributed by atoms with Crippen molar-refractivity contribution in [3.05, 3.63) is 216 Å². The molecule has 2 spiro atoms. The zero-order chi connectivity index (χ0) is 52.6. The number of anilines is 4. The van der Waals surface area contributed by atoms with Crippen LogP contribution in [0.4, 0.5) is 22.7 Å². The molecule has 0 aromatic heterocycles. The van der Waals surface area contributed by atoms with Gasteiger partial charge in [0.1, 0.15) is 11.1 Å². The molecule has 4 amide bonds. The smallest absolute Gasteiger partial charge is 0.341 e. The molecule has 8 rings (SSSR count). The van der Waals surface area contributed by atoms with Crippen LogP contribution in [0.25, 0.3) is 0 Å². The minimum Gasteiger partial charge on any atom is -0.755 e. The number of benzene rings is 4. The summed E-state index contributed by atoms with van der Waals surface area (Å²) in [6.45, 7) is 0. The van der Waals surface area contributed by atoms with Crippen molar-refractivity contribution in [2.45, 2.75) is 37.3 Å². The van der Waals surface area contributed by atoms with Crippen molar-refractivity contribution in [3.63, 3.8) is 0 Å². The Balaban J connectivity index is 0.913. The first-order valence-electron chi connectivity index (χ1n) is 22.2. The molecule has 1 saturated heterocycles. The van der Waals surface area contributed by atoms with Crippen molar-refractivity contribution in [3.8, 4) is 0 Å². The Labute approximate surface area is 425 Å². The number of nitrogens with zero attached hydrogens (tertiary/aromatic N) is 3. The van der Waals surface area contributed by atoms with E-state index >= 15 is 0 Å². The Kier molecular flexibility index (Phi) is 15.0. The van der Waals surface area contributed by atoms with E-state index in [-0.39, 0.29) is 42.7 Å². The number of amides is 4. The molecule has 4 aromatic carbocycles. The number of allylic oxidation sites excluding steroid dienone is 8. The van der Waals surface area contributed by atoms with E-state index in [0.717, 1.165) is 24.3 Å². The Hall–Kier alpha value is -9.12. The van der Waals surface area contributed by atoms with E-state index in [0.29, 0.717) is 18.6 Å². The fourth-order valence-electron chi connectivity index (χ4n) is 7.81. The minimum atomic E-state index is -4.71. The average Bonchev–Trinajstić information content (AvgIpc) is 3.38. The maximum Gasteiger partial charge on any atom is 0.341 e. The molecule has 1 saturated carbocycles. The molecule has 0 bridgehead atoms. The van der Waals surface area contributed by atoms with Gasteiger partial charge in [0.05, 0.1) is 51.4 Å². The molecule has 74 heavy (non-hydrogen) atoms. The Morgan fingerprint density at radius 1 is 0.608 bits per heavy atom. The van der Waals surface area contributed by atoms with Crippen molar-refractivity contribution in [2.75, 3.05) is 18.2 Å². The topological polar surface area (TPSA) is 281 Å². The summed E-state index contributed by atoms with van der Waals surface area (Å²) in [5, 5.41) is 28.9. The second-order valence-electron chi connectivity index (χ2n) is 16.1. The third-order valence-electron chi connectivity index (χ3n) is 11.4. The molecule has 1 N–H and O–H groups in total. The van der Waals surface area contributed by atoms with E-state index in [1.165, 1.54) is 109 Å². The summed E-state index contributed by atoms with van der Waals surface area (Å²) in [4.78, 5) is 80.4. The maximum atomic E-state index is 13.7. The second-order valence-corrected chi connectivity index (χ2v) is 18.6. The van der Waals surface area contributed by atoms with Gasteiger partial charge in [-0.05, 0) is 72.8 Å². The van der Waals surface area contributed by atoms with Crippen LogP contribution in [0.15, 0.2) is 216 Å². The fraction of sp³-hybridized carbons (Fsp3) is 0.115. The van der Waals surface area contributed by atoms with Crippen LogP contribution in [0, 0.1) is 0 Å². The van der Waals surface area contributed by atoms with Crippen molar-refractivity contribution in [2.24, 2.45) is 0 Å². The first-order chi connectivity index (χ1) is 35.5. The molecule has 3 heterocycles. The van der Waals surface area contributed by atoms with E-state index in [4.69, 9.17) is 18.9 Å².